The van der Waals surface area contributed by atoms with Crippen molar-refractivity contribution in [3.63, 3.8) is 0 Å². The zero-order valence-electron chi connectivity index (χ0n) is 19.1. The third-order valence-corrected chi connectivity index (χ3v) is 5.33. The SMILES string of the molecule is CC(C)C(NC(=O)C(CS)NC(=O)C(CCC(=O)O)NC(=O)C(N)Cc1ccccc1)C(=O)O. The van der Waals surface area contributed by atoms with Gasteiger partial charge in [0.15, 0.2) is 0 Å². The molecule has 1 rings (SSSR count). The molecule has 0 aliphatic carbocycles. The molecule has 188 valence electrons. The Morgan fingerprint density at radius 1 is 0.912 bits per heavy atom. The van der Waals surface area contributed by atoms with Gasteiger partial charge in [0, 0.05) is 12.2 Å². The topological polar surface area (TPSA) is 188 Å². The number of rotatable bonds is 14. The Balaban J connectivity index is 2.88. The maximum atomic E-state index is 12.8. The van der Waals surface area contributed by atoms with Crippen LogP contribution in [0.5, 0.6) is 0 Å². The average molecular weight is 497 g/mol. The van der Waals surface area contributed by atoms with Crippen molar-refractivity contribution in [1.82, 2.24) is 16.0 Å². The van der Waals surface area contributed by atoms with E-state index in [9.17, 15) is 29.1 Å². The first-order chi connectivity index (χ1) is 16.0. The van der Waals surface area contributed by atoms with Crippen LogP contribution in [0.1, 0.15) is 32.3 Å². The number of carbonyl (C=O) groups is 5. The van der Waals surface area contributed by atoms with Crippen molar-refractivity contribution in [1.29, 1.82) is 0 Å². The molecule has 0 saturated heterocycles. The molecule has 0 bridgehead atoms. The highest BCUT2D eigenvalue weighted by Gasteiger charge is 2.31. The lowest BCUT2D eigenvalue weighted by molar-refractivity contribution is -0.143. The fourth-order valence-electron chi connectivity index (χ4n) is 3.01. The van der Waals surface area contributed by atoms with E-state index in [0.717, 1.165) is 5.56 Å². The zero-order valence-corrected chi connectivity index (χ0v) is 20.0. The van der Waals surface area contributed by atoms with Gasteiger partial charge in [-0.1, -0.05) is 44.2 Å². The third-order valence-electron chi connectivity index (χ3n) is 4.96. The number of nitrogens with two attached hydrogens (primary N) is 1. The summed E-state index contributed by atoms with van der Waals surface area (Å²) in [6.45, 7) is 3.23. The smallest absolute Gasteiger partial charge is 0.326 e. The third kappa shape index (κ3) is 9.79. The minimum atomic E-state index is -1.28. The van der Waals surface area contributed by atoms with Gasteiger partial charge in [0.05, 0.1) is 6.04 Å². The van der Waals surface area contributed by atoms with Crippen LogP contribution in [0.2, 0.25) is 0 Å². The quantitative estimate of drug-likeness (QED) is 0.169. The Bertz CT molecular complexity index is 866. The molecular weight excluding hydrogens is 464 g/mol. The number of nitrogens with one attached hydrogen (secondary N) is 3. The van der Waals surface area contributed by atoms with E-state index < -0.39 is 66.2 Å². The molecule has 3 amide bonds. The number of benzene rings is 1. The first-order valence-electron chi connectivity index (χ1n) is 10.7. The van der Waals surface area contributed by atoms with Crippen LogP contribution >= 0.6 is 12.6 Å². The predicted octanol–water partition coefficient (Wildman–Crippen LogP) is -0.454. The number of thiol groups is 1. The zero-order chi connectivity index (χ0) is 25.8. The van der Waals surface area contributed by atoms with Gasteiger partial charge in [-0.25, -0.2) is 4.79 Å². The van der Waals surface area contributed by atoms with Crippen molar-refractivity contribution >= 4 is 42.3 Å². The highest BCUT2D eigenvalue weighted by molar-refractivity contribution is 7.80. The van der Waals surface area contributed by atoms with E-state index in [-0.39, 0.29) is 18.6 Å². The molecule has 4 unspecified atom stereocenters. The van der Waals surface area contributed by atoms with Gasteiger partial charge in [-0.3, -0.25) is 19.2 Å². The van der Waals surface area contributed by atoms with Crippen molar-refractivity contribution in [2.45, 2.75) is 57.3 Å². The van der Waals surface area contributed by atoms with Gasteiger partial charge >= 0.3 is 11.9 Å². The first kappa shape index (κ1) is 28.9. The van der Waals surface area contributed by atoms with Gasteiger partial charge in [0.25, 0.3) is 0 Å². The lowest BCUT2D eigenvalue weighted by atomic mass is 10.0. The van der Waals surface area contributed by atoms with Crippen LogP contribution in [0.3, 0.4) is 0 Å². The number of carbonyl (C=O) groups excluding carboxylic acids is 3. The summed E-state index contributed by atoms with van der Waals surface area (Å²) in [5.74, 6) is -5.22. The minimum absolute atomic E-state index is 0.158. The van der Waals surface area contributed by atoms with Crippen molar-refractivity contribution in [3.8, 4) is 0 Å². The van der Waals surface area contributed by atoms with Crippen LogP contribution in [0.15, 0.2) is 30.3 Å². The molecule has 0 radical (unpaired) electrons. The highest BCUT2D eigenvalue weighted by Crippen LogP contribution is 2.06. The molecular formula is C22H32N4O7S. The van der Waals surface area contributed by atoms with Crippen LogP contribution in [0.4, 0.5) is 0 Å². The minimum Gasteiger partial charge on any atom is -0.481 e. The Kier molecular flexibility index (Phi) is 12.1. The number of amides is 3. The maximum Gasteiger partial charge on any atom is 0.326 e. The summed E-state index contributed by atoms with van der Waals surface area (Å²) in [6.07, 6.45) is -0.457. The molecule has 1 aromatic rings. The predicted molar refractivity (Wildman–Crippen MR) is 127 cm³/mol. The number of aliphatic carboxylic acids is 2. The lowest BCUT2D eigenvalue weighted by Crippen LogP contribution is -2.58. The molecule has 34 heavy (non-hydrogen) atoms. The van der Waals surface area contributed by atoms with E-state index in [4.69, 9.17) is 10.8 Å². The summed E-state index contributed by atoms with van der Waals surface area (Å²) in [7, 11) is 0. The lowest BCUT2D eigenvalue weighted by Gasteiger charge is -2.25. The fourth-order valence-corrected chi connectivity index (χ4v) is 3.27. The standard InChI is InChI=1S/C22H32N4O7S/c1-12(2)18(22(32)33)26-21(31)16(11-34)25-20(30)15(8-9-17(27)28)24-19(29)14(23)10-13-6-4-3-5-7-13/h3-7,12,14-16,18,34H,8-11,23H2,1-2H3,(H,24,29)(H,25,30)(H,26,31)(H,27,28)(H,32,33). The number of carboxylic acid groups (broad SMARTS) is 2. The molecule has 0 saturated carbocycles. The average Bonchev–Trinajstić information content (AvgIpc) is 2.77. The summed E-state index contributed by atoms with van der Waals surface area (Å²) in [5.41, 5.74) is 6.76. The van der Waals surface area contributed by atoms with E-state index in [2.05, 4.69) is 28.6 Å². The largest absolute Gasteiger partial charge is 0.481 e. The summed E-state index contributed by atoms with van der Waals surface area (Å²) in [6, 6.07) is 4.33. The van der Waals surface area contributed by atoms with Gasteiger partial charge in [0.2, 0.25) is 17.7 Å². The monoisotopic (exact) mass is 496 g/mol. The van der Waals surface area contributed by atoms with Gasteiger partial charge in [-0.05, 0) is 24.3 Å². The molecule has 0 heterocycles. The van der Waals surface area contributed by atoms with Crippen LogP contribution < -0.4 is 21.7 Å². The molecule has 0 aromatic heterocycles. The van der Waals surface area contributed by atoms with E-state index in [1.165, 1.54) is 0 Å². The van der Waals surface area contributed by atoms with Crippen LogP contribution in [-0.4, -0.2) is 69.8 Å². The van der Waals surface area contributed by atoms with E-state index in [0.29, 0.717) is 0 Å². The Morgan fingerprint density at radius 2 is 1.47 bits per heavy atom. The summed E-state index contributed by atoms with van der Waals surface area (Å²) >= 11 is 4.04. The van der Waals surface area contributed by atoms with Crippen molar-refractivity contribution in [2.75, 3.05) is 5.75 Å². The summed E-state index contributed by atoms with van der Waals surface area (Å²) in [4.78, 5) is 60.3. The second kappa shape index (κ2) is 14.2. The molecule has 0 fully saturated rings. The Labute approximate surface area is 203 Å². The van der Waals surface area contributed by atoms with E-state index >= 15 is 0 Å². The molecule has 4 atom stereocenters. The Morgan fingerprint density at radius 3 is 1.97 bits per heavy atom. The molecule has 11 nitrogen and oxygen atoms in total. The number of carboxylic acids is 2. The molecule has 0 aliphatic heterocycles. The molecule has 12 heteroatoms. The second-order valence-corrected chi connectivity index (χ2v) is 8.47. The molecule has 0 spiro atoms. The Hall–Kier alpha value is -3.12. The van der Waals surface area contributed by atoms with Crippen LogP contribution in [0.25, 0.3) is 0 Å². The maximum absolute atomic E-state index is 12.8. The number of hydrogen-bond donors (Lipinski definition) is 7. The van der Waals surface area contributed by atoms with Crippen LogP contribution in [0, 0.1) is 5.92 Å². The van der Waals surface area contributed by atoms with Crippen molar-refractivity contribution in [2.24, 2.45) is 11.7 Å². The van der Waals surface area contributed by atoms with Gasteiger partial charge < -0.3 is 31.9 Å². The molecule has 0 aliphatic rings. The van der Waals surface area contributed by atoms with E-state index in [1.54, 1.807) is 38.1 Å². The van der Waals surface area contributed by atoms with E-state index in [1.807, 2.05) is 6.07 Å². The van der Waals surface area contributed by atoms with Crippen LogP contribution in [-0.2, 0) is 30.4 Å². The van der Waals surface area contributed by atoms with Crippen molar-refractivity contribution < 1.29 is 34.2 Å². The normalized spacial score (nSPS) is 14.4. The molecule has 7 N–H and O–H groups in total. The van der Waals surface area contributed by atoms with Crippen molar-refractivity contribution in [3.05, 3.63) is 35.9 Å². The van der Waals surface area contributed by atoms with Gasteiger partial charge in [-0.15, -0.1) is 0 Å². The highest BCUT2D eigenvalue weighted by atomic mass is 32.1. The van der Waals surface area contributed by atoms with Gasteiger partial charge in [-0.2, -0.15) is 12.6 Å². The first-order valence-corrected chi connectivity index (χ1v) is 11.4. The van der Waals surface area contributed by atoms with Gasteiger partial charge in [0.1, 0.15) is 18.1 Å². The fraction of sp³-hybridized carbons (Fsp3) is 0.500. The molecule has 1 aromatic carbocycles. The second-order valence-electron chi connectivity index (χ2n) is 8.10. The number of hydrogen-bond acceptors (Lipinski definition) is 7. The summed E-state index contributed by atoms with van der Waals surface area (Å²) in [5, 5.41) is 25.5. The summed E-state index contributed by atoms with van der Waals surface area (Å²) < 4.78 is 0.